The Bertz CT molecular complexity index is 1620. The predicted molar refractivity (Wildman–Crippen MR) is 232 cm³/mol. The van der Waals surface area contributed by atoms with Crippen LogP contribution in [0.15, 0.2) is 107 Å². The third-order valence-corrected chi connectivity index (χ3v) is 10.9. The summed E-state index contributed by atoms with van der Waals surface area (Å²) in [7, 11) is 3.79. The maximum atomic E-state index is 13.4. The molecule has 0 saturated carbocycles. The van der Waals surface area contributed by atoms with Crippen molar-refractivity contribution in [3.8, 4) is 0 Å². The summed E-state index contributed by atoms with van der Waals surface area (Å²) in [6.45, 7) is 17.5. The van der Waals surface area contributed by atoms with Gasteiger partial charge in [0.25, 0.3) is 0 Å². The van der Waals surface area contributed by atoms with E-state index in [-0.39, 0.29) is 37.1 Å². The van der Waals surface area contributed by atoms with Crippen molar-refractivity contribution >= 4 is 5.91 Å². The summed E-state index contributed by atoms with van der Waals surface area (Å²) in [5, 5.41) is 37.5. The highest BCUT2D eigenvalue weighted by molar-refractivity contribution is 5.94. The van der Waals surface area contributed by atoms with Crippen LogP contribution in [0.4, 0.5) is 0 Å². The van der Waals surface area contributed by atoms with E-state index in [2.05, 4.69) is 25.2 Å². The Morgan fingerprint density at radius 2 is 1.67 bits per heavy atom. The van der Waals surface area contributed by atoms with Crippen molar-refractivity contribution in [2.24, 2.45) is 11.7 Å². The van der Waals surface area contributed by atoms with Gasteiger partial charge in [-0.25, -0.2) is 0 Å². The van der Waals surface area contributed by atoms with Gasteiger partial charge < -0.3 is 50.2 Å². The zero-order chi connectivity index (χ0) is 43.2. The Morgan fingerprint density at radius 3 is 2.34 bits per heavy atom. The average molecular weight is 808 g/mol. The second-order valence-corrected chi connectivity index (χ2v) is 17.1. The topological polar surface area (TPSA) is 156 Å². The Balaban J connectivity index is 1.86. The number of aliphatic hydroxyl groups excluding tert-OH is 1. The number of ether oxygens (including phenoxy) is 4. The van der Waals surface area contributed by atoms with Crippen molar-refractivity contribution in [3.63, 3.8) is 0 Å². The van der Waals surface area contributed by atoms with Gasteiger partial charge >= 0.3 is 0 Å². The number of aliphatic hydroxyl groups is 3. The maximum Gasteiger partial charge on any atom is 0.247 e. The first-order valence-electron chi connectivity index (χ1n) is 20.8. The summed E-state index contributed by atoms with van der Waals surface area (Å²) in [6, 6.07) is -1.28. The molecule has 6 N–H and O–H groups in total. The highest BCUT2D eigenvalue weighted by Crippen LogP contribution is 2.34. The van der Waals surface area contributed by atoms with E-state index in [4.69, 9.17) is 24.7 Å². The smallest absolute Gasteiger partial charge is 0.247 e. The first-order valence-corrected chi connectivity index (χ1v) is 20.8. The monoisotopic (exact) mass is 808 g/mol. The van der Waals surface area contributed by atoms with Crippen LogP contribution in [0.2, 0.25) is 0 Å². The van der Waals surface area contributed by atoms with E-state index in [1.54, 1.807) is 44.2 Å². The SMILES string of the molecule is CCC(C)CC1=CC(C)=CC=CC=CC(C)(O)C(OC2OCC(OC3CC(C)(O)C(N(C)C)C(C)O3)C(O)C2N)C=CC=CC(C)=CC=CC(C)=CCC(C)NC1=O. The second kappa shape index (κ2) is 23.0. The highest BCUT2D eigenvalue weighted by atomic mass is 16.7. The molecule has 0 aromatic heterocycles. The van der Waals surface area contributed by atoms with E-state index in [1.165, 1.54) is 0 Å². The van der Waals surface area contributed by atoms with Crippen molar-refractivity contribution in [2.75, 3.05) is 20.7 Å². The fourth-order valence-electron chi connectivity index (χ4n) is 7.42. The van der Waals surface area contributed by atoms with Crippen LogP contribution < -0.4 is 11.1 Å². The third-order valence-electron chi connectivity index (χ3n) is 10.9. The predicted octanol–water partition coefficient (Wildman–Crippen LogP) is 6.26. The Kier molecular flexibility index (Phi) is 19.4. The molecule has 12 atom stereocenters. The minimum atomic E-state index is -1.53. The van der Waals surface area contributed by atoms with Gasteiger partial charge in [-0.05, 0) is 81.3 Å². The summed E-state index contributed by atoms with van der Waals surface area (Å²) in [6.07, 6.45) is 23.8. The molecule has 0 radical (unpaired) electrons. The van der Waals surface area contributed by atoms with Crippen molar-refractivity contribution in [3.05, 3.63) is 107 Å². The number of carbonyl (C=O) groups excluding carboxylic acids is 1. The Morgan fingerprint density at radius 1 is 0.983 bits per heavy atom. The second-order valence-electron chi connectivity index (χ2n) is 17.1. The molecule has 1 amide bonds. The van der Waals surface area contributed by atoms with Gasteiger partial charge in [0.05, 0.1) is 30.4 Å². The molecule has 3 aliphatic heterocycles. The molecule has 2 fully saturated rings. The van der Waals surface area contributed by atoms with Crippen LogP contribution in [0, 0.1) is 5.92 Å². The van der Waals surface area contributed by atoms with Gasteiger partial charge in [-0.3, -0.25) is 4.79 Å². The molecule has 12 unspecified atom stereocenters. The van der Waals surface area contributed by atoms with Gasteiger partial charge in [0.1, 0.15) is 23.9 Å². The lowest BCUT2D eigenvalue weighted by atomic mass is 9.85. The van der Waals surface area contributed by atoms with Gasteiger partial charge in [0.2, 0.25) is 5.91 Å². The van der Waals surface area contributed by atoms with E-state index in [0.717, 1.165) is 28.7 Å². The zero-order valence-corrected chi connectivity index (χ0v) is 36.8. The number of nitrogens with one attached hydrogen (secondary N) is 1. The summed E-state index contributed by atoms with van der Waals surface area (Å²) in [4.78, 5) is 15.3. The number of carbonyl (C=O) groups is 1. The number of amides is 1. The maximum absolute atomic E-state index is 13.4. The summed E-state index contributed by atoms with van der Waals surface area (Å²) >= 11 is 0. The number of hydrogen-bond donors (Lipinski definition) is 5. The first kappa shape index (κ1) is 49.1. The number of nitrogens with two attached hydrogens (primary N) is 1. The van der Waals surface area contributed by atoms with Crippen LogP contribution in [0.5, 0.6) is 0 Å². The minimum absolute atomic E-state index is 0.0261. The number of rotatable bonds is 8. The van der Waals surface area contributed by atoms with Crippen LogP contribution in [-0.2, 0) is 23.7 Å². The summed E-state index contributed by atoms with van der Waals surface area (Å²) in [5.74, 6) is 0.302. The normalized spacial score (nSPS) is 35.7. The molecule has 3 rings (SSSR count). The van der Waals surface area contributed by atoms with Gasteiger partial charge in [-0.2, -0.15) is 0 Å². The number of allylic oxidation sites excluding steroid dienone is 14. The number of likely N-dealkylation sites (N-methyl/N-ethyl adjacent to an activating group) is 1. The van der Waals surface area contributed by atoms with Crippen LogP contribution in [0.25, 0.3) is 0 Å². The lowest BCUT2D eigenvalue weighted by Crippen LogP contribution is -2.63. The molecule has 0 aliphatic carbocycles. The molecule has 0 spiro atoms. The minimum Gasteiger partial charge on any atom is -0.388 e. The molecule has 2 saturated heterocycles. The molecule has 324 valence electrons. The van der Waals surface area contributed by atoms with Crippen LogP contribution in [0.3, 0.4) is 0 Å². The number of nitrogens with zero attached hydrogens (tertiary/aromatic N) is 1. The molecule has 0 aromatic carbocycles. The molecule has 58 heavy (non-hydrogen) atoms. The van der Waals surface area contributed by atoms with E-state index in [1.807, 2.05) is 102 Å². The third kappa shape index (κ3) is 15.4. The van der Waals surface area contributed by atoms with Crippen LogP contribution in [-0.4, -0.2) is 113 Å². The van der Waals surface area contributed by atoms with Gasteiger partial charge in [-0.15, -0.1) is 0 Å². The molecule has 3 heterocycles. The average Bonchev–Trinajstić information content (AvgIpc) is 3.12. The van der Waals surface area contributed by atoms with Crippen molar-refractivity contribution in [1.29, 1.82) is 0 Å². The van der Waals surface area contributed by atoms with E-state index < -0.39 is 48.1 Å². The molecule has 11 heteroatoms. The Hall–Kier alpha value is -3.23. The van der Waals surface area contributed by atoms with Gasteiger partial charge in [-0.1, -0.05) is 122 Å². The lowest BCUT2D eigenvalue weighted by Gasteiger charge is -2.48. The van der Waals surface area contributed by atoms with E-state index >= 15 is 0 Å². The van der Waals surface area contributed by atoms with Gasteiger partial charge in [0, 0.05) is 18.0 Å². The zero-order valence-electron chi connectivity index (χ0n) is 36.8. The first-order chi connectivity index (χ1) is 27.2. The lowest BCUT2D eigenvalue weighted by molar-refractivity contribution is -0.310. The molecular weight excluding hydrogens is 735 g/mol. The molecule has 11 nitrogen and oxygen atoms in total. The Labute approximate surface area is 348 Å². The molecule has 0 bridgehead atoms. The van der Waals surface area contributed by atoms with E-state index in [0.29, 0.717) is 18.8 Å². The van der Waals surface area contributed by atoms with Crippen molar-refractivity contribution in [2.45, 2.75) is 154 Å². The van der Waals surface area contributed by atoms with Gasteiger partial charge in [0.15, 0.2) is 12.6 Å². The van der Waals surface area contributed by atoms with Crippen molar-refractivity contribution < 1.29 is 39.1 Å². The van der Waals surface area contributed by atoms with E-state index in [9.17, 15) is 20.1 Å². The van der Waals surface area contributed by atoms with Crippen molar-refractivity contribution in [1.82, 2.24) is 10.2 Å². The van der Waals surface area contributed by atoms with Crippen LogP contribution >= 0.6 is 0 Å². The quantitative estimate of drug-likeness (QED) is 0.190. The molecule has 3 aliphatic rings. The standard InChI is InChI=1S/C47H73N3O8/c1-12-31(2)27-37-28-34(5)20-14-13-17-26-46(8,53)39(23-16-15-19-32(3)21-18-22-33(4)24-25-35(6)49-44(37)52)58-45-41(48)42(51)38(30-55-45)57-40-29-47(9,54)43(50(10)11)36(7)56-40/h13-24,26,28,31,35-36,38-43,45,51,53-54H,12,25,27,29-30,48H2,1-11H3,(H,49,52). The largest absolute Gasteiger partial charge is 0.388 e. The fourth-order valence-corrected chi connectivity index (χ4v) is 7.42. The summed E-state index contributed by atoms with van der Waals surface area (Å²) in [5.41, 5.74) is 7.66. The van der Waals surface area contributed by atoms with Crippen LogP contribution in [0.1, 0.15) is 88.0 Å². The molecule has 0 aromatic rings. The fraction of sp³-hybridized carbons (Fsp3) is 0.596. The summed E-state index contributed by atoms with van der Waals surface area (Å²) < 4.78 is 24.6. The highest BCUT2D eigenvalue weighted by Gasteiger charge is 2.48. The molecular formula is C47H73N3O8. The number of hydrogen-bond acceptors (Lipinski definition) is 10.